The molecule has 2 aromatic rings. The number of anilines is 1. The van der Waals surface area contributed by atoms with Gasteiger partial charge in [-0.15, -0.1) is 0 Å². The van der Waals surface area contributed by atoms with Crippen molar-refractivity contribution in [3.8, 4) is 5.75 Å². The molecule has 7 heteroatoms. The van der Waals surface area contributed by atoms with Gasteiger partial charge in [0, 0.05) is 12.4 Å². The van der Waals surface area contributed by atoms with Crippen LogP contribution in [0.15, 0.2) is 35.0 Å². The summed E-state index contributed by atoms with van der Waals surface area (Å²) in [4.78, 5) is 16.1. The van der Waals surface area contributed by atoms with E-state index in [0.29, 0.717) is 21.7 Å². The zero-order valence-electron chi connectivity index (χ0n) is 8.49. The van der Waals surface area contributed by atoms with E-state index in [2.05, 4.69) is 19.9 Å². The van der Waals surface area contributed by atoms with Gasteiger partial charge in [0.15, 0.2) is 21.7 Å². The topological polar surface area (TPSA) is 86.8 Å². The monoisotopic (exact) mass is 235 g/mol. The lowest BCUT2D eigenvalue weighted by molar-refractivity contribution is 0.401. The van der Waals surface area contributed by atoms with E-state index in [9.17, 15) is 0 Å². The average Bonchev–Trinajstić information content (AvgIpc) is 2.31. The summed E-state index contributed by atoms with van der Waals surface area (Å²) in [6.07, 6.45) is 4.70. The molecule has 0 atom stereocenters. The number of aromatic nitrogens is 4. The lowest BCUT2D eigenvalue weighted by atomic mass is 10.5. The molecule has 0 radical (unpaired) electrons. The number of hydrogen-bond acceptors (Lipinski definition) is 7. The Morgan fingerprint density at radius 1 is 1.19 bits per heavy atom. The minimum Gasteiger partial charge on any atom is -0.490 e. The molecule has 2 rings (SSSR count). The lowest BCUT2D eigenvalue weighted by Gasteiger charge is -2.06. The van der Waals surface area contributed by atoms with E-state index in [0.717, 1.165) is 0 Å². The minimum absolute atomic E-state index is 0.302. The van der Waals surface area contributed by atoms with Gasteiger partial charge in [-0.05, 0) is 17.8 Å². The van der Waals surface area contributed by atoms with Crippen LogP contribution in [0.3, 0.4) is 0 Å². The van der Waals surface area contributed by atoms with Gasteiger partial charge in [0.05, 0.1) is 7.11 Å². The van der Waals surface area contributed by atoms with Crippen LogP contribution in [0.5, 0.6) is 5.75 Å². The number of rotatable bonds is 3. The van der Waals surface area contributed by atoms with Gasteiger partial charge < -0.3 is 10.5 Å². The standard InChI is InChI=1S/C9H9N5OS/c1-15-6-7(10)13-5-14-8(6)16-9-11-3-2-4-12-9/h2-5H,1H3,(H2,10,13,14). The van der Waals surface area contributed by atoms with E-state index >= 15 is 0 Å². The van der Waals surface area contributed by atoms with Gasteiger partial charge >= 0.3 is 0 Å². The highest BCUT2D eigenvalue weighted by Crippen LogP contribution is 2.33. The Kier molecular flexibility index (Phi) is 3.16. The molecule has 2 aromatic heterocycles. The first kappa shape index (κ1) is 10.6. The van der Waals surface area contributed by atoms with Crippen molar-refractivity contribution in [2.75, 3.05) is 12.8 Å². The second-order valence-electron chi connectivity index (χ2n) is 2.73. The van der Waals surface area contributed by atoms with Crippen LogP contribution in [0, 0.1) is 0 Å². The van der Waals surface area contributed by atoms with E-state index in [1.807, 2.05) is 0 Å². The molecule has 0 aliphatic carbocycles. The summed E-state index contributed by atoms with van der Waals surface area (Å²) in [6.45, 7) is 0. The Morgan fingerprint density at radius 2 is 1.94 bits per heavy atom. The average molecular weight is 235 g/mol. The third-order valence-corrected chi connectivity index (χ3v) is 2.61. The fourth-order valence-corrected chi connectivity index (χ4v) is 1.84. The second-order valence-corrected chi connectivity index (χ2v) is 3.69. The van der Waals surface area contributed by atoms with Crippen LogP contribution in [0.25, 0.3) is 0 Å². The molecule has 0 saturated heterocycles. The molecule has 82 valence electrons. The maximum absolute atomic E-state index is 5.66. The zero-order valence-corrected chi connectivity index (χ0v) is 9.31. The Morgan fingerprint density at radius 3 is 2.62 bits per heavy atom. The molecule has 0 fully saturated rings. The molecule has 0 aliphatic rings. The highest BCUT2D eigenvalue weighted by Gasteiger charge is 2.11. The molecule has 0 saturated carbocycles. The third-order valence-electron chi connectivity index (χ3n) is 1.73. The quantitative estimate of drug-likeness (QED) is 0.627. The van der Waals surface area contributed by atoms with Crippen molar-refractivity contribution in [2.45, 2.75) is 10.2 Å². The molecular formula is C9H9N5OS. The van der Waals surface area contributed by atoms with Gasteiger partial charge in [0.1, 0.15) is 6.33 Å². The fraction of sp³-hybridized carbons (Fsp3) is 0.111. The van der Waals surface area contributed by atoms with Crippen molar-refractivity contribution in [1.29, 1.82) is 0 Å². The summed E-state index contributed by atoms with van der Waals surface area (Å²) in [5.74, 6) is 0.746. The highest BCUT2D eigenvalue weighted by molar-refractivity contribution is 7.99. The van der Waals surface area contributed by atoms with Crippen molar-refractivity contribution >= 4 is 17.6 Å². The van der Waals surface area contributed by atoms with Crippen molar-refractivity contribution in [3.05, 3.63) is 24.8 Å². The maximum atomic E-state index is 5.66. The summed E-state index contributed by atoms with van der Waals surface area (Å²) in [5, 5.41) is 1.18. The van der Waals surface area contributed by atoms with Crippen LogP contribution in [0.2, 0.25) is 0 Å². The van der Waals surface area contributed by atoms with Crippen LogP contribution in [0.4, 0.5) is 5.82 Å². The molecular weight excluding hydrogens is 226 g/mol. The molecule has 0 aromatic carbocycles. The molecule has 0 aliphatic heterocycles. The van der Waals surface area contributed by atoms with Crippen molar-refractivity contribution in [1.82, 2.24) is 19.9 Å². The van der Waals surface area contributed by atoms with Crippen LogP contribution >= 0.6 is 11.8 Å². The first-order chi connectivity index (χ1) is 7.81. The molecule has 16 heavy (non-hydrogen) atoms. The second kappa shape index (κ2) is 4.75. The lowest BCUT2D eigenvalue weighted by Crippen LogP contribution is -1.99. The molecule has 0 spiro atoms. The fourth-order valence-electron chi connectivity index (χ4n) is 1.06. The Bertz CT molecular complexity index is 479. The molecule has 2 heterocycles. The molecule has 6 nitrogen and oxygen atoms in total. The molecule has 0 amide bonds. The number of nitrogens with two attached hydrogens (primary N) is 1. The van der Waals surface area contributed by atoms with E-state index in [1.165, 1.54) is 25.2 Å². The molecule has 2 N–H and O–H groups in total. The Balaban J connectivity index is 2.31. The number of hydrogen-bond donors (Lipinski definition) is 1. The third kappa shape index (κ3) is 2.19. The largest absolute Gasteiger partial charge is 0.490 e. The van der Waals surface area contributed by atoms with Gasteiger partial charge in [0.2, 0.25) is 0 Å². The highest BCUT2D eigenvalue weighted by atomic mass is 32.2. The van der Waals surface area contributed by atoms with Crippen molar-refractivity contribution < 1.29 is 4.74 Å². The van der Waals surface area contributed by atoms with Crippen LogP contribution in [-0.4, -0.2) is 27.0 Å². The SMILES string of the molecule is COc1c(N)ncnc1Sc1ncccn1. The van der Waals surface area contributed by atoms with Gasteiger partial charge in [-0.25, -0.2) is 19.9 Å². The predicted octanol–water partition coefficient (Wildman–Crippen LogP) is 1.01. The van der Waals surface area contributed by atoms with Gasteiger partial charge in [-0.1, -0.05) is 0 Å². The first-order valence-electron chi connectivity index (χ1n) is 4.40. The number of methoxy groups -OCH3 is 1. The zero-order chi connectivity index (χ0) is 11.4. The summed E-state index contributed by atoms with van der Waals surface area (Å²) in [6, 6.07) is 1.75. The van der Waals surface area contributed by atoms with E-state index < -0.39 is 0 Å². The van der Waals surface area contributed by atoms with Crippen molar-refractivity contribution in [2.24, 2.45) is 0 Å². The van der Waals surface area contributed by atoms with Gasteiger partial charge in [0.25, 0.3) is 0 Å². The smallest absolute Gasteiger partial charge is 0.193 e. The van der Waals surface area contributed by atoms with Crippen molar-refractivity contribution in [3.63, 3.8) is 0 Å². The number of nitrogen functional groups attached to an aromatic ring is 1. The summed E-state index contributed by atoms with van der Waals surface area (Å²) in [7, 11) is 1.52. The first-order valence-corrected chi connectivity index (χ1v) is 5.22. The van der Waals surface area contributed by atoms with E-state index in [-0.39, 0.29) is 0 Å². The van der Waals surface area contributed by atoms with Gasteiger partial charge in [-0.3, -0.25) is 0 Å². The number of nitrogens with zero attached hydrogens (tertiary/aromatic N) is 4. The van der Waals surface area contributed by atoms with Crippen LogP contribution in [0.1, 0.15) is 0 Å². The molecule has 0 unspecified atom stereocenters. The normalized spacial score (nSPS) is 10.1. The summed E-state index contributed by atoms with van der Waals surface area (Å²) in [5.41, 5.74) is 5.66. The Hall–Kier alpha value is -1.89. The Labute approximate surface area is 96.3 Å². The van der Waals surface area contributed by atoms with Crippen LogP contribution in [-0.2, 0) is 0 Å². The predicted molar refractivity (Wildman–Crippen MR) is 59.2 cm³/mol. The minimum atomic E-state index is 0.302. The maximum Gasteiger partial charge on any atom is 0.193 e. The number of ether oxygens (including phenoxy) is 1. The van der Waals surface area contributed by atoms with Crippen LogP contribution < -0.4 is 10.5 Å². The van der Waals surface area contributed by atoms with E-state index in [1.54, 1.807) is 18.5 Å². The summed E-state index contributed by atoms with van der Waals surface area (Å²) >= 11 is 1.27. The van der Waals surface area contributed by atoms with E-state index in [4.69, 9.17) is 10.5 Å². The van der Waals surface area contributed by atoms with Gasteiger partial charge in [-0.2, -0.15) is 0 Å². The summed E-state index contributed by atoms with van der Waals surface area (Å²) < 4.78 is 5.12. The molecule has 0 bridgehead atoms.